The number of ether oxygens (including phenoxy) is 1. The van der Waals surface area contributed by atoms with Crippen molar-refractivity contribution in [3.8, 4) is 0 Å². The number of hydrogen-bond donors (Lipinski definition) is 1. The van der Waals surface area contributed by atoms with Crippen molar-refractivity contribution in [2.45, 2.75) is 57.4 Å². The first kappa shape index (κ1) is 24.5. The summed E-state index contributed by atoms with van der Waals surface area (Å²) >= 11 is -1.16. The molecule has 2 atom stereocenters. The average Bonchev–Trinajstić information content (AvgIpc) is 2.67. The molecule has 1 heterocycles. The third-order valence-electron chi connectivity index (χ3n) is 5.94. The van der Waals surface area contributed by atoms with Gasteiger partial charge in [0, 0.05) is 17.3 Å². The fourth-order valence-electron chi connectivity index (χ4n) is 4.04. The van der Waals surface area contributed by atoms with E-state index in [9.17, 15) is 4.55 Å². The van der Waals surface area contributed by atoms with Crippen LogP contribution in [0.2, 0.25) is 5.04 Å². The van der Waals surface area contributed by atoms with Gasteiger partial charge in [-0.05, 0) is 36.2 Å². The molecule has 0 amide bonds. The molecular weight excluding hydrogens is 422 g/mol. The molecule has 1 aliphatic rings. The molecule has 31 heavy (non-hydrogen) atoms. The molecule has 6 heteroatoms. The van der Waals surface area contributed by atoms with Gasteiger partial charge in [-0.1, -0.05) is 81.4 Å². The van der Waals surface area contributed by atoms with Crippen LogP contribution in [0.1, 0.15) is 41.5 Å². The molecule has 1 unspecified atom stereocenters. The summed E-state index contributed by atoms with van der Waals surface area (Å²) < 4.78 is 28.5. The second-order valence-electron chi connectivity index (χ2n) is 10.4. The number of rotatable bonds is 8. The topological polar surface area (TPSA) is 53.5 Å². The molecule has 1 N–H and O–H groups in total. The minimum atomic E-state index is -2.62. The third-order valence-corrected chi connectivity index (χ3v) is 12.6. The maximum Gasteiger partial charge on any atom is 0.261 e. The molecule has 1 aliphatic heterocycles. The van der Waals surface area contributed by atoms with Crippen LogP contribution in [0, 0.1) is 5.92 Å². The smallest absolute Gasteiger partial charge is 0.261 e. The van der Waals surface area contributed by atoms with E-state index in [1.165, 1.54) is 10.4 Å². The van der Waals surface area contributed by atoms with E-state index in [0.29, 0.717) is 25.7 Å². The lowest BCUT2D eigenvalue weighted by atomic mass is 10.00. The quantitative estimate of drug-likeness (QED) is 0.484. The Bertz CT molecular complexity index is 777. The van der Waals surface area contributed by atoms with Gasteiger partial charge in [-0.25, -0.2) is 0 Å². The fraction of sp³-hybridized carbons (Fsp3) is 0.520. The van der Waals surface area contributed by atoms with Gasteiger partial charge < -0.3 is 13.7 Å². The maximum atomic E-state index is 12.9. The van der Waals surface area contributed by atoms with Gasteiger partial charge in [-0.3, -0.25) is 0 Å². The number of nitrogens with one attached hydrogen (secondary N) is 1. The van der Waals surface area contributed by atoms with Crippen LogP contribution < -0.4 is 15.1 Å². The van der Waals surface area contributed by atoms with Crippen molar-refractivity contribution in [2.75, 3.05) is 19.8 Å². The first-order valence-corrected chi connectivity index (χ1v) is 14.1. The van der Waals surface area contributed by atoms with Crippen molar-refractivity contribution in [1.29, 1.82) is 0 Å². The predicted molar refractivity (Wildman–Crippen MR) is 133 cm³/mol. The molecule has 0 bridgehead atoms. The molecule has 0 spiro atoms. The van der Waals surface area contributed by atoms with Crippen LogP contribution in [-0.4, -0.2) is 43.5 Å². The van der Waals surface area contributed by atoms with Gasteiger partial charge in [0.1, 0.15) is 4.75 Å². The van der Waals surface area contributed by atoms with E-state index in [0.717, 1.165) is 0 Å². The summed E-state index contributed by atoms with van der Waals surface area (Å²) in [7, 11) is -2.62. The molecule has 2 aromatic carbocycles. The van der Waals surface area contributed by atoms with Crippen LogP contribution in [-0.2, 0) is 20.5 Å². The van der Waals surface area contributed by atoms with E-state index in [-0.39, 0.29) is 15.8 Å². The Labute approximate surface area is 192 Å². The van der Waals surface area contributed by atoms with Crippen LogP contribution in [0.3, 0.4) is 0 Å². The molecule has 2 aromatic rings. The van der Waals surface area contributed by atoms with Gasteiger partial charge in [-0.15, -0.1) is 4.72 Å². The standard InChI is InChI=1S/C25H37NO3SSi/c1-24(2,3)30(27)26-23(20-17-28-18-20)19-29-31(25(4,5)6,21-13-9-7-10-14-21)22-15-11-8-12-16-22/h7-16,20,23,26H,17-19H2,1-6H3/t23-,30?/m1/s1. The Morgan fingerprint density at radius 2 is 1.45 bits per heavy atom. The zero-order valence-corrected chi connectivity index (χ0v) is 21.5. The minimum absolute atomic E-state index is 0.0181. The Balaban J connectivity index is 1.98. The molecule has 0 aromatic heterocycles. The monoisotopic (exact) mass is 459 g/mol. The normalized spacial score (nSPS) is 17.8. The Morgan fingerprint density at radius 3 is 1.81 bits per heavy atom. The van der Waals surface area contributed by atoms with Crippen molar-refractivity contribution in [2.24, 2.45) is 5.92 Å². The van der Waals surface area contributed by atoms with Crippen molar-refractivity contribution < 1.29 is 13.7 Å². The summed E-state index contributed by atoms with van der Waals surface area (Å²) in [6.07, 6.45) is 0. The van der Waals surface area contributed by atoms with Gasteiger partial charge in [0.05, 0.1) is 25.9 Å². The average molecular weight is 460 g/mol. The molecule has 170 valence electrons. The molecular formula is C25H37NO3SSi. The van der Waals surface area contributed by atoms with E-state index >= 15 is 0 Å². The van der Waals surface area contributed by atoms with Crippen LogP contribution in [0.25, 0.3) is 0 Å². The molecule has 0 radical (unpaired) electrons. The maximum absolute atomic E-state index is 12.9. The van der Waals surface area contributed by atoms with Crippen molar-refractivity contribution in [3.63, 3.8) is 0 Å². The van der Waals surface area contributed by atoms with E-state index in [1.807, 2.05) is 20.8 Å². The highest BCUT2D eigenvalue weighted by atomic mass is 32.2. The van der Waals surface area contributed by atoms with Crippen molar-refractivity contribution in [3.05, 3.63) is 60.7 Å². The predicted octanol–water partition coefficient (Wildman–Crippen LogP) is 3.63. The van der Waals surface area contributed by atoms with E-state index in [4.69, 9.17) is 9.16 Å². The fourth-order valence-corrected chi connectivity index (χ4v) is 9.52. The lowest BCUT2D eigenvalue weighted by Gasteiger charge is -2.45. The highest BCUT2D eigenvalue weighted by molar-refractivity contribution is 7.90. The first-order chi connectivity index (χ1) is 14.6. The molecule has 3 rings (SSSR count). The highest BCUT2D eigenvalue weighted by Crippen LogP contribution is 2.37. The van der Waals surface area contributed by atoms with Gasteiger partial charge in [0.25, 0.3) is 8.32 Å². The minimum Gasteiger partial charge on any atom is -0.598 e. The summed E-state index contributed by atoms with van der Waals surface area (Å²) in [6.45, 7) is 14.7. The highest BCUT2D eigenvalue weighted by Gasteiger charge is 2.51. The number of benzene rings is 2. The van der Waals surface area contributed by atoms with Gasteiger partial charge in [-0.2, -0.15) is 0 Å². The van der Waals surface area contributed by atoms with Gasteiger partial charge in [0.15, 0.2) is 0 Å². The zero-order chi connectivity index (χ0) is 22.7. The van der Waals surface area contributed by atoms with Crippen LogP contribution in [0.4, 0.5) is 0 Å². The molecule has 0 aliphatic carbocycles. The Hall–Kier alpha value is -1.15. The molecule has 0 saturated carbocycles. The molecule has 1 fully saturated rings. The van der Waals surface area contributed by atoms with Crippen molar-refractivity contribution >= 4 is 30.1 Å². The van der Waals surface area contributed by atoms with Crippen molar-refractivity contribution in [1.82, 2.24) is 4.72 Å². The van der Waals surface area contributed by atoms with Gasteiger partial charge >= 0.3 is 0 Å². The third kappa shape index (κ3) is 5.44. The van der Waals surface area contributed by atoms with Crippen LogP contribution >= 0.6 is 0 Å². The van der Waals surface area contributed by atoms with E-state index in [2.05, 4.69) is 86.2 Å². The molecule has 4 nitrogen and oxygen atoms in total. The summed E-state index contributed by atoms with van der Waals surface area (Å²) in [5.74, 6) is 0.310. The Morgan fingerprint density at radius 1 is 0.968 bits per heavy atom. The summed E-state index contributed by atoms with van der Waals surface area (Å²) in [5.41, 5.74) is 0. The lowest BCUT2D eigenvalue weighted by Crippen LogP contribution is -2.68. The number of hydrogen-bond acceptors (Lipinski definition) is 4. The van der Waals surface area contributed by atoms with E-state index < -0.39 is 19.7 Å². The largest absolute Gasteiger partial charge is 0.598 e. The summed E-state index contributed by atoms with van der Waals surface area (Å²) in [6, 6.07) is 21.3. The summed E-state index contributed by atoms with van der Waals surface area (Å²) in [5, 5.41) is 2.43. The second kappa shape index (κ2) is 9.77. The zero-order valence-electron chi connectivity index (χ0n) is 19.7. The molecule has 1 saturated heterocycles. The second-order valence-corrected chi connectivity index (χ2v) is 16.7. The van der Waals surface area contributed by atoms with E-state index in [1.54, 1.807) is 0 Å². The Kier molecular flexibility index (Phi) is 7.72. The summed E-state index contributed by atoms with van der Waals surface area (Å²) in [4.78, 5) is 0. The van der Waals surface area contributed by atoms with Gasteiger partial charge in [0.2, 0.25) is 0 Å². The van der Waals surface area contributed by atoms with Crippen LogP contribution in [0.5, 0.6) is 0 Å². The first-order valence-electron chi connectivity index (χ1n) is 11.1. The lowest BCUT2D eigenvalue weighted by molar-refractivity contribution is -0.0527. The SMILES string of the molecule is CC(C)(C)[S+]([O-])N[C@H](CO[Si](c1ccccc1)(c1ccccc1)C(C)(C)C)C1COC1. The van der Waals surface area contributed by atoms with Crippen LogP contribution in [0.15, 0.2) is 60.7 Å².